The van der Waals surface area contributed by atoms with Gasteiger partial charge in [0.15, 0.2) is 0 Å². The number of alkyl halides is 3. The molecule has 0 aliphatic carbocycles. The van der Waals surface area contributed by atoms with Crippen molar-refractivity contribution in [1.29, 1.82) is 0 Å². The van der Waals surface area contributed by atoms with E-state index in [4.69, 9.17) is 5.73 Å². The highest BCUT2D eigenvalue weighted by atomic mass is 19.4. The van der Waals surface area contributed by atoms with Crippen molar-refractivity contribution in [2.75, 3.05) is 0 Å². The third-order valence-electron chi connectivity index (χ3n) is 1.51. The molecule has 1 aromatic heterocycles. The smallest absolute Gasteiger partial charge is 0.369 e. The highest BCUT2D eigenvalue weighted by Crippen LogP contribution is 2.28. The molecule has 0 bridgehead atoms. The van der Waals surface area contributed by atoms with Crippen LogP contribution in [0.2, 0.25) is 0 Å². The van der Waals surface area contributed by atoms with Crippen molar-refractivity contribution in [2.24, 2.45) is 5.73 Å². The van der Waals surface area contributed by atoms with Crippen LogP contribution < -0.4 is 5.73 Å². The van der Waals surface area contributed by atoms with E-state index >= 15 is 0 Å². The van der Waals surface area contributed by atoms with Gasteiger partial charge in [-0.3, -0.25) is 9.78 Å². The average molecular weight is 204 g/mol. The van der Waals surface area contributed by atoms with Crippen LogP contribution in [0.3, 0.4) is 0 Å². The van der Waals surface area contributed by atoms with E-state index in [-0.39, 0.29) is 12.1 Å². The van der Waals surface area contributed by atoms with Crippen molar-refractivity contribution in [3.05, 3.63) is 29.6 Å². The molecule has 6 heteroatoms. The first-order chi connectivity index (χ1) is 6.39. The van der Waals surface area contributed by atoms with Crippen molar-refractivity contribution in [1.82, 2.24) is 4.98 Å². The van der Waals surface area contributed by atoms with Crippen molar-refractivity contribution >= 4 is 5.91 Å². The van der Waals surface area contributed by atoms with E-state index in [1.165, 1.54) is 0 Å². The molecule has 0 fully saturated rings. The van der Waals surface area contributed by atoms with Gasteiger partial charge in [-0.15, -0.1) is 0 Å². The summed E-state index contributed by atoms with van der Waals surface area (Å²) in [4.78, 5) is 13.9. The van der Waals surface area contributed by atoms with E-state index in [1.54, 1.807) is 0 Å². The van der Waals surface area contributed by atoms with Crippen molar-refractivity contribution in [2.45, 2.75) is 12.6 Å². The molecule has 0 radical (unpaired) electrons. The number of hydrogen-bond donors (Lipinski definition) is 1. The average Bonchev–Trinajstić information content (AvgIpc) is 2.02. The van der Waals surface area contributed by atoms with Crippen LogP contribution in [0.4, 0.5) is 13.2 Å². The molecule has 1 heterocycles. The van der Waals surface area contributed by atoms with Gasteiger partial charge in [0.05, 0.1) is 12.0 Å². The van der Waals surface area contributed by atoms with Crippen molar-refractivity contribution in [3.63, 3.8) is 0 Å². The number of carbonyl (C=O) groups excluding carboxylic acids is 1. The van der Waals surface area contributed by atoms with Gasteiger partial charge in [0.2, 0.25) is 5.91 Å². The SMILES string of the molecule is NC(=O)Cc1ccc(C(F)(F)F)cn1. The van der Waals surface area contributed by atoms with Gasteiger partial charge in [-0.2, -0.15) is 13.2 Å². The standard InChI is InChI=1S/C8H7F3N2O/c9-8(10,11)5-1-2-6(13-4-5)3-7(12)14/h1-2,4H,3H2,(H2,12,14). The molecular weight excluding hydrogens is 197 g/mol. The highest BCUT2D eigenvalue weighted by molar-refractivity contribution is 5.76. The normalized spacial score (nSPS) is 11.4. The van der Waals surface area contributed by atoms with E-state index in [1.807, 2.05) is 0 Å². The summed E-state index contributed by atoms with van der Waals surface area (Å²) in [6.07, 6.45) is -3.88. The maximum atomic E-state index is 12.1. The Labute approximate surface area is 77.7 Å². The van der Waals surface area contributed by atoms with Crippen molar-refractivity contribution in [3.8, 4) is 0 Å². The second-order valence-corrected chi connectivity index (χ2v) is 2.68. The molecule has 1 aromatic rings. The summed E-state index contributed by atoms with van der Waals surface area (Å²) >= 11 is 0. The molecular formula is C8H7F3N2O. The number of hydrogen-bond acceptors (Lipinski definition) is 2. The van der Waals surface area contributed by atoms with E-state index in [2.05, 4.69) is 4.98 Å². The fraction of sp³-hybridized carbons (Fsp3) is 0.250. The summed E-state index contributed by atoms with van der Waals surface area (Å²) < 4.78 is 36.2. The Hall–Kier alpha value is -1.59. The number of pyridine rings is 1. The zero-order valence-corrected chi connectivity index (χ0v) is 7.01. The second-order valence-electron chi connectivity index (χ2n) is 2.68. The molecule has 76 valence electrons. The Morgan fingerprint density at radius 3 is 2.43 bits per heavy atom. The lowest BCUT2D eigenvalue weighted by Crippen LogP contribution is -2.15. The molecule has 0 spiro atoms. The minimum atomic E-state index is -4.40. The maximum Gasteiger partial charge on any atom is 0.417 e. The molecule has 0 unspecified atom stereocenters. The Balaban J connectivity index is 2.84. The number of halogens is 3. The molecule has 14 heavy (non-hydrogen) atoms. The molecule has 1 amide bonds. The first-order valence-corrected chi connectivity index (χ1v) is 3.70. The molecule has 0 aliphatic heterocycles. The van der Waals surface area contributed by atoms with Gasteiger partial charge in [-0.05, 0) is 12.1 Å². The molecule has 0 atom stereocenters. The first-order valence-electron chi connectivity index (χ1n) is 3.70. The Kier molecular flexibility index (Phi) is 2.73. The van der Waals surface area contributed by atoms with Crippen molar-refractivity contribution < 1.29 is 18.0 Å². The lowest BCUT2D eigenvalue weighted by Gasteiger charge is -2.05. The first kappa shape index (κ1) is 10.5. The van der Waals surface area contributed by atoms with Crippen LogP contribution in [0.15, 0.2) is 18.3 Å². The third kappa shape index (κ3) is 2.72. The summed E-state index contributed by atoms with van der Waals surface area (Å²) in [5.74, 6) is -0.628. The van der Waals surface area contributed by atoms with Gasteiger partial charge in [-0.25, -0.2) is 0 Å². The summed E-state index contributed by atoms with van der Waals surface area (Å²) in [7, 11) is 0. The minimum Gasteiger partial charge on any atom is -0.369 e. The Morgan fingerprint density at radius 1 is 1.43 bits per heavy atom. The third-order valence-corrected chi connectivity index (χ3v) is 1.51. The van der Waals surface area contributed by atoms with Crippen LogP contribution in [0.1, 0.15) is 11.3 Å². The van der Waals surface area contributed by atoms with Crippen LogP contribution >= 0.6 is 0 Å². The highest BCUT2D eigenvalue weighted by Gasteiger charge is 2.30. The number of rotatable bonds is 2. The van der Waals surface area contributed by atoms with Gasteiger partial charge in [0.1, 0.15) is 0 Å². The predicted molar refractivity (Wildman–Crippen MR) is 42.1 cm³/mol. The molecule has 2 N–H and O–H groups in total. The predicted octanol–water partition coefficient (Wildman–Crippen LogP) is 1.13. The van der Waals surface area contributed by atoms with Gasteiger partial charge in [0, 0.05) is 11.9 Å². The zero-order valence-electron chi connectivity index (χ0n) is 7.01. The maximum absolute atomic E-state index is 12.1. The Bertz CT molecular complexity index is 331. The zero-order chi connectivity index (χ0) is 10.8. The number of nitrogens with zero attached hydrogens (tertiary/aromatic N) is 1. The largest absolute Gasteiger partial charge is 0.417 e. The monoisotopic (exact) mass is 204 g/mol. The van der Waals surface area contributed by atoms with Crippen LogP contribution in [0, 0.1) is 0 Å². The van der Waals surface area contributed by atoms with Crippen LogP contribution in [0.5, 0.6) is 0 Å². The summed E-state index contributed by atoms with van der Waals surface area (Å²) in [6, 6.07) is 2.00. The van der Waals surface area contributed by atoms with E-state index in [0.717, 1.165) is 12.1 Å². The lowest BCUT2D eigenvalue weighted by atomic mass is 10.2. The van der Waals surface area contributed by atoms with Crippen LogP contribution in [-0.4, -0.2) is 10.9 Å². The molecule has 0 aliphatic rings. The fourth-order valence-electron chi connectivity index (χ4n) is 0.875. The van der Waals surface area contributed by atoms with E-state index in [9.17, 15) is 18.0 Å². The number of amides is 1. The summed E-state index contributed by atoms with van der Waals surface area (Å²) in [5, 5.41) is 0. The lowest BCUT2D eigenvalue weighted by molar-refractivity contribution is -0.137. The summed E-state index contributed by atoms with van der Waals surface area (Å²) in [6.45, 7) is 0. The number of carbonyl (C=O) groups is 1. The Morgan fingerprint density at radius 2 is 2.07 bits per heavy atom. The second kappa shape index (κ2) is 3.65. The van der Waals surface area contributed by atoms with Gasteiger partial charge in [0.25, 0.3) is 0 Å². The number of nitrogens with two attached hydrogens (primary N) is 1. The van der Waals surface area contributed by atoms with Gasteiger partial charge in [-0.1, -0.05) is 0 Å². The van der Waals surface area contributed by atoms with E-state index < -0.39 is 17.6 Å². The fourth-order valence-corrected chi connectivity index (χ4v) is 0.875. The van der Waals surface area contributed by atoms with E-state index in [0.29, 0.717) is 6.20 Å². The molecule has 0 saturated heterocycles. The molecule has 1 rings (SSSR count). The van der Waals surface area contributed by atoms with Gasteiger partial charge < -0.3 is 5.73 Å². The summed E-state index contributed by atoms with van der Waals surface area (Å²) in [5.41, 5.74) is 4.23. The van der Waals surface area contributed by atoms with Gasteiger partial charge >= 0.3 is 6.18 Å². The number of primary amides is 1. The number of aromatic nitrogens is 1. The molecule has 3 nitrogen and oxygen atoms in total. The molecule has 0 aromatic carbocycles. The quantitative estimate of drug-likeness (QED) is 0.784. The topological polar surface area (TPSA) is 56.0 Å². The van der Waals surface area contributed by atoms with Crippen LogP contribution in [-0.2, 0) is 17.4 Å². The molecule has 0 saturated carbocycles. The minimum absolute atomic E-state index is 0.155. The van der Waals surface area contributed by atoms with Crippen LogP contribution in [0.25, 0.3) is 0 Å².